The van der Waals surface area contributed by atoms with E-state index in [2.05, 4.69) is 27.9 Å². The van der Waals surface area contributed by atoms with E-state index in [1.54, 1.807) is 0 Å². The van der Waals surface area contributed by atoms with Crippen LogP contribution in [0, 0.1) is 10.1 Å². The van der Waals surface area contributed by atoms with Gasteiger partial charge in [0.2, 0.25) is 11.6 Å². The number of fused-ring (bicyclic) bond motifs is 1. The van der Waals surface area contributed by atoms with Gasteiger partial charge >= 0.3 is 5.69 Å². The molecular weight excluding hydrogens is 330 g/mol. The fraction of sp³-hybridized carbons (Fsp3) is 0.474. The van der Waals surface area contributed by atoms with Crippen molar-refractivity contribution in [2.45, 2.75) is 45.1 Å². The summed E-state index contributed by atoms with van der Waals surface area (Å²) in [6.07, 6.45) is 6.63. The minimum atomic E-state index is -0.316. The zero-order valence-corrected chi connectivity index (χ0v) is 15.0. The molecule has 4 rings (SSSR count). The number of aryl methyl sites for hydroxylation is 1. The quantitative estimate of drug-likeness (QED) is 0.616. The predicted octanol–water partition coefficient (Wildman–Crippen LogP) is 3.85. The lowest BCUT2D eigenvalue weighted by Crippen LogP contribution is -2.38. The highest BCUT2D eigenvalue weighted by Gasteiger charge is 2.34. The van der Waals surface area contributed by atoms with Crippen molar-refractivity contribution in [2.24, 2.45) is 0 Å². The monoisotopic (exact) mass is 353 g/mol. The SMILES string of the molecule is CC1CCCCN1c1ncnc(N2CCCc3ccccc32)c1[N+](=O)[O-]. The standard InChI is InChI=1S/C19H23N5O2/c1-14-7-4-5-11-22(14)18-17(24(25)26)19(21-13-20-18)23-12-6-9-15-8-2-3-10-16(15)23/h2-3,8,10,13-14H,4-7,9,11-12H2,1H3. The van der Waals surface area contributed by atoms with Crippen molar-refractivity contribution in [1.29, 1.82) is 0 Å². The van der Waals surface area contributed by atoms with Crippen LogP contribution in [-0.4, -0.2) is 34.0 Å². The predicted molar refractivity (Wildman–Crippen MR) is 101 cm³/mol. The van der Waals surface area contributed by atoms with Crippen LogP contribution < -0.4 is 9.80 Å². The van der Waals surface area contributed by atoms with Gasteiger partial charge in [-0.05, 0) is 50.7 Å². The molecule has 2 aliphatic rings. The smallest absolute Gasteiger partial charge is 0.348 e. The van der Waals surface area contributed by atoms with E-state index in [0.29, 0.717) is 11.6 Å². The van der Waals surface area contributed by atoms with Gasteiger partial charge in [-0.25, -0.2) is 9.97 Å². The normalized spacial score (nSPS) is 20.0. The fourth-order valence-corrected chi connectivity index (χ4v) is 4.10. The molecule has 7 nitrogen and oxygen atoms in total. The molecule has 136 valence electrons. The highest BCUT2D eigenvalue weighted by Crippen LogP contribution is 2.41. The Morgan fingerprint density at radius 2 is 1.92 bits per heavy atom. The van der Waals surface area contributed by atoms with Crippen molar-refractivity contribution in [3.63, 3.8) is 0 Å². The lowest BCUT2D eigenvalue weighted by molar-refractivity contribution is -0.383. The maximum absolute atomic E-state index is 12.0. The van der Waals surface area contributed by atoms with Crippen LogP contribution in [0.2, 0.25) is 0 Å². The van der Waals surface area contributed by atoms with Gasteiger partial charge in [0.05, 0.1) is 4.92 Å². The van der Waals surface area contributed by atoms with E-state index in [1.165, 1.54) is 11.9 Å². The van der Waals surface area contributed by atoms with Crippen LogP contribution in [0.5, 0.6) is 0 Å². The van der Waals surface area contributed by atoms with Gasteiger partial charge in [-0.15, -0.1) is 0 Å². The Hall–Kier alpha value is -2.70. The summed E-state index contributed by atoms with van der Waals surface area (Å²) in [5, 5.41) is 12.0. The summed E-state index contributed by atoms with van der Waals surface area (Å²) in [4.78, 5) is 24.4. The molecule has 2 aliphatic heterocycles. The van der Waals surface area contributed by atoms with E-state index in [-0.39, 0.29) is 16.7 Å². The molecule has 0 radical (unpaired) electrons. The number of nitro groups is 1. The molecule has 7 heteroatoms. The molecule has 0 bridgehead atoms. The van der Waals surface area contributed by atoms with Gasteiger partial charge in [0, 0.05) is 24.8 Å². The van der Waals surface area contributed by atoms with E-state index >= 15 is 0 Å². The minimum Gasteiger partial charge on any atom is -0.348 e. The van der Waals surface area contributed by atoms with Crippen molar-refractivity contribution in [2.75, 3.05) is 22.9 Å². The number of hydrogen-bond donors (Lipinski definition) is 0. The van der Waals surface area contributed by atoms with Gasteiger partial charge in [-0.1, -0.05) is 18.2 Å². The first-order valence-electron chi connectivity index (χ1n) is 9.28. The molecule has 0 amide bonds. The number of anilines is 3. The van der Waals surface area contributed by atoms with E-state index in [0.717, 1.165) is 50.9 Å². The van der Waals surface area contributed by atoms with Crippen LogP contribution in [0.15, 0.2) is 30.6 Å². The van der Waals surface area contributed by atoms with Gasteiger partial charge in [0.25, 0.3) is 0 Å². The number of para-hydroxylation sites is 1. The average Bonchev–Trinajstić information content (AvgIpc) is 2.67. The Morgan fingerprint density at radius 1 is 1.12 bits per heavy atom. The molecule has 1 atom stereocenters. The molecule has 1 unspecified atom stereocenters. The Labute approximate surface area is 152 Å². The summed E-state index contributed by atoms with van der Waals surface area (Å²) in [5.74, 6) is 0.861. The molecule has 1 fully saturated rings. The van der Waals surface area contributed by atoms with Crippen molar-refractivity contribution >= 4 is 23.0 Å². The Kier molecular flexibility index (Phi) is 4.44. The summed E-state index contributed by atoms with van der Waals surface area (Å²) >= 11 is 0. The molecule has 0 aliphatic carbocycles. The summed E-state index contributed by atoms with van der Waals surface area (Å²) in [6, 6.07) is 8.33. The molecule has 0 N–H and O–H groups in total. The number of hydrogen-bond acceptors (Lipinski definition) is 6. The largest absolute Gasteiger partial charge is 0.354 e. The average molecular weight is 353 g/mol. The van der Waals surface area contributed by atoms with Crippen LogP contribution in [0.1, 0.15) is 38.2 Å². The molecular formula is C19H23N5O2. The number of piperidine rings is 1. The first kappa shape index (κ1) is 16.8. The second-order valence-electron chi connectivity index (χ2n) is 7.05. The number of rotatable bonds is 3. The minimum absolute atomic E-state index is 0.0259. The van der Waals surface area contributed by atoms with Crippen LogP contribution in [0.4, 0.5) is 23.0 Å². The molecule has 1 aromatic carbocycles. The van der Waals surface area contributed by atoms with Crippen molar-refractivity contribution in [1.82, 2.24) is 9.97 Å². The molecule has 2 aromatic rings. The van der Waals surface area contributed by atoms with Crippen molar-refractivity contribution < 1.29 is 4.92 Å². The molecule has 3 heterocycles. The van der Waals surface area contributed by atoms with Crippen molar-refractivity contribution in [3.05, 3.63) is 46.3 Å². The summed E-state index contributed by atoms with van der Waals surface area (Å²) in [5.41, 5.74) is 2.25. The lowest BCUT2D eigenvalue weighted by Gasteiger charge is -2.35. The lowest BCUT2D eigenvalue weighted by atomic mass is 10.0. The highest BCUT2D eigenvalue weighted by molar-refractivity contribution is 5.78. The van der Waals surface area contributed by atoms with E-state index < -0.39 is 0 Å². The van der Waals surface area contributed by atoms with Gasteiger partial charge in [-0.2, -0.15) is 0 Å². The zero-order valence-electron chi connectivity index (χ0n) is 15.0. The zero-order chi connectivity index (χ0) is 18.1. The van der Waals surface area contributed by atoms with Crippen LogP contribution >= 0.6 is 0 Å². The summed E-state index contributed by atoms with van der Waals surface area (Å²) in [6.45, 7) is 3.64. The van der Waals surface area contributed by atoms with Crippen LogP contribution in [0.3, 0.4) is 0 Å². The van der Waals surface area contributed by atoms with Gasteiger partial charge in [0.15, 0.2) is 0 Å². The first-order chi connectivity index (χ1) is 12.7. The third-order valence-corrected chi connectivity index (χ3v) is 5.41. The molecule has 0 saturated carbocycles. The van der Waals surface area contributed by atoms with Crippen molar-refractivity contribution in [3.8, 4) is 0 Å². The fourth-order valence-electron chi connectivity index (χ4n) is 4.10. The van der Waals surface area contributed by atoms with Gasteiger partial charge in [0.1, 0.15) is 6.33 Å². The van der Waals surface area contributed by atoms with E-state index in [4.69, 9.17) is 0 Å². The first-order valence-corrected chi connectivity index (χ1v) is 9.28. The third-order valence-electron chi connectivity index (χ3n) is 5.41. The molecule has 1 saturated heterocycles. The molecule has 0 spiro atoms. The van der Waals surface area contributed by atoms with Gasteiger partial charge < -0.3 is 9.80 Å². The maximum atomic E-state index is 12.0. The highest BCUT2D eigenvalue weighted by atomic mass is 16.6. The Morgan fingerprint density at radius 3 is 2.73 bits per heavy atom. The van der Waals surface area contributed by atoms with E-state index in [1.807, 2.05) is 23.1 Å². The summed E-state index contributed by atoms with van der Waals surface area (Å²) < 4.78 is 0. The Balaban J connectivity index is 1.83. The summed E-state index contributed by atoms with van der Waals surface area (Å²) in [7, 11) is 0. The number of aromatic nitrogens is 2. The second kappa shape index (κ2) is 6.90. The van der Waals surface area contributed by atoms with Crippen LogP contribution in [0.25, 0.3) is 0 Å². The maximum Gasteiger partial charge on any atom is 0.354 e. The second-order valence-corrected chi connectivity index (χ2v) is 7.05. The number of benzene rings is 1. The Bertz CT molecular complexity index is 825. The molecule has 1 aromatic heterocycles. The topological polar surface area (TPSA) is 75.4 Å². The van der Waals surface area contributed by atoms with Crippen LogP contribution in [-0.2, 0) is 6.42 Å². The van der Waals surface area contributed by atoms with Gasteiger partial charge in [-0.3, -0.25) is 10.1 Å². The third kappa shape index (κ3) is 2.87. The number of nitrogens with zero attached hydrogens (tertiary/aromatic N) is 5. The van der Waals surface area contributed by atoms with E-state index in [9.17, 15) is 10.1 Å². The molecule has 26 heavy (non-hydrogen) atoms.